The van der Waals surface area contributed by atoms with Gasteiger partial charge in [-0.1, -0.05) is 0 Å². The molecular formula is C15H14N2O3. The third-order valence-corrected chi connectivity index (χ3v) is 3.06. The predicted molar refractivity (Wildman–Crippen MR) is 74.1 cm³/mol. The van der Waals surface area contributed by atoms with Crippen molar-refractivity contribution in [3.8, 4) is 11.5 Å². The van der Waals surface area contributed by atoms with Crippen molar-refractivity contribution in [1.29, 1.82) is 0 Å². The summed E-state index contributed by atoms with van der Waals surface area (Å²) in [7, 11) is 0. The Balaban J connectivity index is 1.97. The molecule has 1 aromatic heterocycles. The Labute approximate surface area is 116 Å². The van der Waals surface area contributed by atoms with E-state index in [2.05, 4.69) is 4.98 Å². The summed E-state index contributed by atoms with van der Waals surface area (Å²) in [4.78, 5) is 16.4. The molecule has 5 heteroatoms. The number of anilines is 1. The SMILES string of the molecule is Nc1cccnc1C(=O)c1ccc2c(c1)OCCCO2. The molecule has 2 N–H and O–H groups in total. The number of aromatic nitrogens is 1. The Morgan fingerprint density at radius 3 is 2.75 bits per heavy atom. The van der Waals surface area contributed by atoms with Gasteiger partial charge in [-0.05, 0) is 30.3 Å². The van der Waals surface area contributed by atoms with Crippen molar-refractivity contribution in [3.63, 3.8) is 0 Å². The standard InChI is InChI=1S/C15H14N2O3/c16-11-3-1-6-17-14(11)15(18)10-4-5-12-13(9-10)20-8-2-7-19-12/h1,3-6,9H,2,7-8,16H2. The fraction of sp³-hybridized carbons (Fsp3) is 0.200. The summed E-state index contributed by atoms with van der Waals surface area (Å²) < 4.78 is 11.1. The molecule has 5 nitrogen and oxygen atoms in total. The maximum atomic E-state index is 12.4. The first-order valence-electron chi connectivity index (χ1n) is 6.40. The van der Waals surface area contributed by atoms with E-state index in [0.29, 0.717) is 36.0 Å². The minimum absolute atomic E-state index is 0.223. The zero-order chi connectivity index (χ0) is 13.9. The van der Waals surface area contributed by atoms with Gasteiger partial charge in [0.25, 0.3) is 0 Å². The normalized spacial score (nSPS) is 13.6. The molecule has 0 atom stereocenters. The second kappa shape index (κ2) is 5.21. The number of nitrogens with zero attached hydrogens (tertiary/aromatic N) is 1. The number of hydrogen-bond acceptors (Lipinski definition) is 5. The van der Waals surface area contributed by atoms with Crippen molar-refractivity contribution in [2.75, 3.05) is 18.9 Å². The van der Waals surface area contributed by atoms with E-state index < -0.39 is 0 Å². The predicted octanol–water partition coefficient (Wildman–Crippen LogP) is 2.06. The van der Waals surface area contributed by atoms with Crippen LogP contribution < -0.4 is 15.2 Å². The van der Waals surface area contributed by atoms with Crippen molar-refractivity contribution in [1.82, 2.24) is 4.98 Å². The minimum atomic E-state index is -0.223. The molecule has 0 spiro atoms. The summed E-state index contributed by atoms with van der Waals surface area (Å²) in [5, 5.41) is 0. The maximum Gasteiger partial charge on any atom is 0.213 e. The second-order valence-electron chi connectivity index (χ2n) is 4.48. The highest BCUT2D eigenvalue weighted by Crippen LogP contribution is 2.31. The number of carbonyl (C=O) groups excluding carboxylic acids is 1. The minimum Gasteiger partial charge on any atom is -0.490 e. The molecule has 1 aliphatic heterocycles. The Kier molecular flexibility index (Phi) is 3.25. The largest absolute Gasteiger partial charge is 0.490 e. The summed E-state index contributed by atoms with van der Waals surface area (Å²) in [5.74, 6) is 1.02. The molecule has 102 valence electrons. The molecule has 2 heterocycles. The number of fused-ring (bicyclic) bond motifs is 1. The lowest BCUT2D eigenvalue weighted by Gasteiger charge is -2.09. The lowest BCUT2D eigenvalue weighted by molar-refractivity contribution is 0.103. The highest BCUT2D eigenvalue weighted by atomic mass is 16.5. The molecule has 0 radical (unpaired) electrons. The molecular weight excluding hydrogens is 256 g/mol. The topological polar surface area (TPSA) is 74.4 Å². The molecule has 3 rings (SSSR count). The monoisotopic (exact) mass is 270 g/mol. The summed E-state index contributed by atoms with van der Waals surface area (Å²) in [6.07, 6.45) is 2.37. The number of rotatable bonds is 2. The smallest absolute Gasteiger partial charge is 0.213 e. The zero-order valence-electron chi connectivity index (χ0n) is 10.8. The molecule has 0 saturated heterocycles. The van der Waals surface area contributed by atoms with Gasteiger partial charge in [-0.25, -0.2) is 0 Å². The van der Waals surface area contributed by atoms with Gasteiger partial charge in [-0.3, -0.25) is 9.78 Å². The average Bonchev–Trinajstić information content (AvgIpc) is 2.71. The van der Waals surface area contributed by atoms with Gasteiger partial charge in [-0.2, -0.15) is 0 Å². The van der Waals surface area contributed by atoms with Gasteiger partial charge >= 0.3 is 0 Å². The summed E-state index contributed by atoms with van der Waals surface area (Å²) in [6.45, 7) is 1.20. The van der Waals surface area contributed by atoms with Crippen LogP contribution in [0.15, 0.2) is 36.5 Å². The third kappa shape index (κ3) is 2.30. The number of pyridine rings is 1. The van der Waals surface area contributed by atoms with Crippen molar-refractivity contribution >= 4 is 11.5 Å². The molecule has 0 amide bonds. The van der Waals surface area contributed by atoms with Crippen LogP contribution in [0.1, 0.15) is 22.5 Å². The maximum absolute atomic E-state index is 12.4. The lowest BCUT2D eigenvalue weighted by Crippen LogP contribution is -2.08. The molecule has 2 aromatic rings. The molecule has 0 aliphatic carbocycles. The van der Waals surface area contributed by atoms with E-state index in [1.54, 1.807) is 36.5 Å². The number of hydrogen-bond donors (Lipinski definition) is 1. The fourth-order valence-electron chi connectivity index (χ4n) is 2.05. The van der Waals surface area contributed by atoms with Crippen LogP contribution in [-0.4, -0.2) is 24.0 Å². The first-order chi connectivity index (χ1) is 9.75. The van der Waals surface area contributed by atoms with Crippen LogP contribution in [-0.2, 0) is 0 Å². The van der Waals surface area contributed by atoms with Crippen LogP contribution in [0.4, 0.5) is 5.69 Å². The van der Waals surface area contributed by atoms with Gasteiger partial charge in [0, 0.05) is 18.2 Å². The summed E-state index contributed by atoms with van der Waals surface area (Å²) >= 11 is 0. The first kappa shape index (κ1) is 12.5. The van der Waals surface area contributed by atoms with Gasteiger partial charge in [-0.15, -0.1) is 0 Å². The molecule has 1 aliphatic rings. The van der Waals surface area contributed by atoms with Crippen LogP contribution in [0.3, 0.4) is 0 Å². The Bertz CT molecular complexity index is 655. The van der Waals surface area contributed by atoms with Crippen LogP contribution in [0.5, 0.6) is 11.5 Å². The van der Waals surface area contributed by atoms with E-state index in [4.69, 9.17) is 15.2 Å². The number of carbonyl (C=O) groups is 1. The molecule has 0 unspecified atom stereocenters. The fourth-order valence-corrected chi connectivity index (χ4v) is 2.05. The Morgan fingerprint density at radius 1 is 1.15 bits per heavy atom. The van der Waals surface area contributed by atoms with Crippen molar-refractivity contribution in [2.45, 2.75) is 6.42 Å². The Morgan fingerprint density at radius 2 is 1.95 bits per heavy atom. The van der Waals surface area contributed by atoms with Crippen LogP contribution >= 0.6 is 0 Å². The van der Waals surface area contributed by atoms with Crippen LogP contribution in [0.25, 0.3) is 0 Å². The number of nitrogen functional groups attached to an aromatic ring is 1. The van der Waals surface area contributed by atoms with Gasteiger partial charge in [0.2, 0.25) is 5.78 Å². The van der Waals surface area contributed by atoms with E-state index in [1.807, 2.05) is 0 Å². The van der Waals surface area contributed by atoms with Crippen molar-refractivity contribution in [3.05, 3.63) is 47.8 Å². The van der Waals surface area contributed by atoms with E-state index in [1.165, 1.54) is 0 Å². The lowest BCUT2D eigenvalue weighted by atomic mass is 10.1. The number of ketones is 1. The molecule has 0 fully saturated rings. The quantitative estimate of drug-likeness (QED) is 0.845. The van der Waals surface area contributed by atoms with E-state index in [-0.39, 0.29) is 11.5 Å². The molecule has 0 saturated carbocycles. The molecule has 1 aromatic carbocycles. The van der Waals surface area contributed by atoms with Gasteiger partial charge in [0.15, 0.2) is 11.5 Å². The Hall–Kier alpha value is -2.56. The average molecular weight is 270 g/mol. The number of nitrogens with two attached hydrogens (primary N) is 1. The van der Waals surface area contributed by atoms with Crippen LogP contribution in [0.2, 0.25) is 0 Å². The third-order valence-electron chi connectivity index (χ3n) is 3.06. The second-order valence-corrected chi connectivity index (χ2v) is 4.48. The summed E-state index contributed by atoms with van der Waals surface area (Å²) in [6, 6.07) is 8.47. The number of ether oxygens (including phenoxy) is 2. The zero-order valence-corrected chi connectivity index (χ0v) is 10.8. The molecule has 0 bridgehead atoms. The van der Waals surface area contributed by atoms with E-state index >= 15 is 0 Å². The van der Waals surface area contributed by atoms with Crippen molar-refractivity contribution in [2.24, 2.45) is 0 Å². The van der Waals surface area contributed by atoms with Gasteiger partial charge in [0.05, 0.1) is 18.9 Å². The van der Waals surface area contributed by atoms with Crippen molar-refractivity contribution < 1.29 is 14.3 Å². The first-order valence-corrected chi connectivity index (χ1v) is 6.40. The highest BCUT2D eigenvalue weighted by molar-refractivity contribution is 6.10. The summed E-state index contributed by atoms with van der Waals surface area (Å²) in [5.41, 5.74) is 6.89. The highest BCUT2D eigenvalue weighted by Gasteiger charge is 2.17. The van der Waals surface area contributed by atoms with E-state index in [9.17, 15) is 4.79 Å². The van der Waals surface area contributed by atoms with Crippen LogP contribution in [0, 0.1) is 0 Å². The number of benzene rings is 1. The van der Waals surface area contributed by atoms with Gasteiger partial charge < -0.3 is 15.2 Å². The molecule has 20 heavy (non-hydrogen) atoms. The van der Waals surface area contributed by atoms with E-state index in [0.717, 1.165) is 6.42 Å². The van der Waals surface area contributed by atoms with Gasteiger partial charge in [0.1, 0.15) is 5.69 Å².